The number of furan rings is 1. The summed E-state index contributed by atoms with van der Waals surface area (Å²) in [6, 6.07) is 21.2. The van der Waals surface area contributed by atoms with Gasteiger partial charge in [-0.3, -0.25) is 0 Å². The molecule has 0 saturated carbocycles. The maximum absolute atomic E-state index is 5.97. The monoisotopic (exact) mass is 350 g/mol. The number of aromatic nitrogens is 2. The molecule has 2 aromatic heterocycles. The molecule has 2 heterocycles. The summed E-state index contributed by atoms with van der Waals surface area (Å²) in [6.45, 7) is 0. The number of nitrogens with zero attached hydrogens (tertiary/aromatic N) is 2. The minimum Gasteiger partial charge on any atom is -0.459 e. The summed E-state index contributed by atoms with van der Waals surface area (Å²) in [4.78, 5) is 0. The van der Waals surface area contributed by atoms with Crippen LogP contribution in [0.4, 0.5) is 0 Å². The summed E-state index contributed by atoms with van der Waals surface area (Å²) in [5.74, 6) is 3.21. The van der Waals surface area contributed by atoms with Crippen LogP contribution in [0.25, 0.3) is 11.7 Å². The molecule has 0 spiro atoms. The van der Waals surface area contributed by atoms with Crippen LogP contribution in [-0.2, 0) is 5.75 Å². The van der Waals surface area contributed by atoms with Gasteiger partial charge in [0, 0.05) is 11.3 Å². The third-order valence-electron chi connectivity index (χ3n) is 3.43. The van der Waals surface area contributed by atoms with Gasteiger partial charge in [-0.1, -0.05) is 48.2 Å². The van der Waals surface area contributed by atoms with Gasteiger partial charge in [-0.15, -0.1) is 10.2 Å². The van der Waals surface area contributed by atoms with Crippen molar-refractivity contribution in [2.75, 3.05) is 0 Å². The Hall–Kier alpha value is -2.99. The van der Waals surface area contributed by atoms with Crippen LogP contribution in [0.15, 0.2) is 87.1 Å². The van der Waals surface area contributed by atoms with Crippen molar-refractivity contribution in [3.63, 3.8) is 0 Å². The van der Waals surface area contributed by atoms with Crippen LogP contribution in [0, 0.1) is 0 Å². The lowest BCUT2D eigenvalue weighted by molar-refractivity contribution is 0.447. The first-order valence-corrected chi connectivity index (χ1v) is 8.68. The molecule has 2 aromatic carbocycles. The first-order chi connectivity index (χ1) is 12.4. The molecule has 5 nitrogen and oxygen atoms in total. The molecule has 124 valence electrons. The highest BCUT2D eigenvalue weighted by molar-refractivity contribution is 7.98. The van der Waals surface area contributed by atoms with E-state index in [4.69, 9.17) is 13.6 Å². The van der Waals surface area contributed by atoms with Crippen LogP contribution in [0.3, 0.4) is 0 Å². The molecule has 0 aliphatic carbocycles. The van der Waals surface area contributed by atoms with Crippen LogP contribution < -0.4 is 4.74 Å². The van der Waals surface area contributed by atoms with Crippen molar-refractivity contribution < 1.29 is 13.6 Å². The predicted molar refractivity (Wildman–Crippen MR) is 94.5 cm³/mol. The highest BCUT2D eigenvalue weighted by Gasteiger charge is 2.12. The fourth-order valence-electron chi connectivity index (χ4n) is 2.25. The van der Waals surface area contributed by atoms with Gasteiger partial charge in [0.15, 0.2) is 5.76 Å². The first kappa shape index (κ1) is 15.5. The van der Waals surface area contributed by atoms with Crippen molar-refractivity contribution in [2.24, 2.45) is 0 Å². The van der Waals surface area contributed by atoms with Gasteiger partial charge < -0.3 is 13.6 Å². The molecule has 0 N–H and O–H groups in total. The molecule has 0 fully saturated rings. The normalized spacial score (nSPS) is 10.7. The minimum absolute atomic E-state index is 0.376. The number of thioether (sulfide) groups is 1. The van der Waals surface area contributed by atoms with E-state index in [1.54, 1.807) is 18.4 Å². The molecule has 25 heavy (non-hydrogen) atoms. The third kappa shape index (κ3) is 3.75. The smallest absolute Gasteiger partial charge is 0.284 e. The number of hydrogen-bond donors (Lipinski definition) is 0. The van der Waals surface area contributed by atoms with E-state index in [0.29, 0.717) is 22.6 Å². The van der Waals surface area contributed by atoms with E-state index in [1.165, 1.54) is 11.8 Å². The van der Waals surface area contributed by atoms with Gasteiger partial charge in [-0.05, 0) is 30.3 Å². The number of rotatable bonds is 6. The first-order valence-electron chi connectivity index (χ1n) is 7.69. The second kappa shape index (κ2) is 7.27. The Morgan fingerprint density at radius 3 is 2.56 bits per heavy atom. The minimum atomic E-state index is 0.376. The standard InChI is InChI=1S/C19H14N2O3S/c1-2-8-15(9-3-1)23-16-10-5-4-7-14(16)13-25-19-21-20-18(24-19)17-11-6-12-22-17/h1-12H,13H2. The zero-order chi connectivity index (χ0) is 16.9. The molecule has 0 aliphatic rings. The van der Waals surface area contributed by atoms with Gasteiger partial charge >= 0.3 is 0 Å². The van der Waals surface area contributed by atoms with E-state index < -0.39 is 0 Å². The Morgan fingerprint density at radius 2 is 1.72 bits per heavy atom. The van der Waals surface area contributed by atoms with E-state index in [1.807, 2.05) is 54.6 Å². The molecule has 0 unspecified atom stereocenters. The van der Waals surface area contributed by atoms with Crippen LogP contribution in [-0.4, -0.2) is 10.2 Å². The van der Waals surface area contributed by atoms with Gasteiger partial charge in [-0.25, -0.2) is 0 Å². The average Bonchev–Trinajstić information content (AvgIpc) is 3.33. The molecule has 0 radical (unpaired) electrons. The van der Waals surface area contributed by atoms with Gasteiger partial charge in [0.05, 0.1) is 6.26 Å². The lowest BCUT2D eigenvalue weighted by atomic mass is 10.2. The van der Waals surface area contributed by atoms with Crippen LogP contribution in [0.1, 0.15) is 5.56 Å². The predicted octanol–water partition coefficient (Wildman–Crippen LogP) is 5.41. The molecular formula is C19H14N2O3S. The molecule has 0 bridgehead atoms. The van der Waals surface area contributed by atoms with Crippen molar-refractivity contribution in [3.8, 4) is 23.1 Å². The molecular weight excluding hydrogens is 336 g/mol. The van der Waals surface area contributed by atoms with Crippen LogP contribution in [0.2, 0.25) is 0 Å². The molecule has 0 saturated heterocycles. The van der Waals surface area contributed by atoms with Crippen molar-refractivity contribution >= 4 is 11.8 Å². The summed E-state index contributed by atoms with van der Waals surface area (Å²) in [6.07, 6.45) is 1.57. The Labute approximate surface area is 148 Å². The second-order valence-corrected chi connectivity index (χ2v) is 6.09. The highest BCUT2D eigenvalue weighted by Crippen LogP contribution is 2.31. The zero-order valence-corrected chi connectivity index (χ0v) is 14.0. The third-order valence-corrected chi connectivity index (χ3v) is 4.30. The van der Waals surface area contributed by atoms with E-state index in [0.717, 1.165) is 17.1 Å². The van der Waals surface area contributed by atoms with E-state index >= 15 is 0 Å². The number of para-hydroxylation sites is 2. The van der Waals surface area contributed by atoms with Crippen molar-refractivity contribution in [2.45, 2.75) is 11.0 Å². The number of hydrogen-bond acceptors (Lipinski definition) is 6. The maximum Gasteiger partial charge on any atom is 0.284 e. The van der Waals surface area contributed by atoms with E-state index in [-0.39, 0.29) is 0 Å². The molecule has 6 heteroatoms. The molecule has 0 aliphatic heterocycles. The summed E-state index contributed by atoms with van der Waals surface area (Å²) in [5, 5.41) is 8.53. The summed E-state index contributed by atoms with van der Waals surface area (Å²) in [7, 11) is 0. The quantitative estimate of drug-likeness (QED) is 0.433. The fourth-order valence-corrected chi connectivity index (χ4v) is 3.00. The summed E-state index contributed by atoms with van der Waals surface area (Å²) < 4.78 is 16.8. The topological polar surface area (TPSA) is 61.3 Å². The largest absolute Gasteiger partial charge is 0.459 e. The second-order valence-electron chi connectivity index (χ2n) is 5.16. The van der Waals surface area contributed by atoms with Crippen LogP contribution in [0.5, 0.6) is 11.5 Å². The maximum atomic E-state index is 5.97. The Bertz CT molecular complexity index is 936. The fraction of sp³-hybridized carbons (Fsp3) is 0.0526. The SMILES string of the molecule is c1ccc(Oc2ccccc2CSc2nnc(-c3ccco3)o2)cc1. The Kier molecular flexibility index (Phi) is 4.52. The number of benzene rings is 2. The lowest BCUT2D eigenvalue weighted by Gasteiger charge is -2.10. The lowest BCUT2D eigenvalue weighted by Crippen LogP contribution is -1.90. The molecule has 4 aromatic rings. The van der Waals surface area contributed by atoms with Crippen LogP contribution >= 0.6 is 11.8 Å². The molecule has 4 rings (SSSR count). The van der Waals surface area contributed by atoms with Crippen molar-refractivity contribution in [3.05, 3.63) is 78.6 Å². The Morgan fingerprint density at radius 1 is 0.880 bits per heavy atom. The van der Waals surface area contributed by atoms with Crippen molar-refractivity contribution in [1.82, 2.24) is 10.2 Å². The van der Waals surface area contributed by atoms with E-state index in [9.17, 15) is 0 Å². The van der Waals surface area contributed by atoms with Gasteiger partial charge in [0.1, 0.15) is 11.5 Å². The van der Waals surface area contributed by atoms with Gasteiger partial charge in [0.25, 0.3) is 11.1 Å². The summed E-state index contributed by atoms with van der Waals surface area (Å²) >= 11 is 1.45. The highest BCUT2D eigenvalue weighted by atomic mass is 32.2. The van der Waals surface area contributed by atoms with Gasteiger partial charge in [0.2, 0.25) is 0 Å². The van der Waals surface area contributed by atoms with Gasteiger partial charge in [-0.2, -0.15) is 0 Å². The average molecular weight is 350 g/mol. The zero-order valence-electron chi connectivity index (χ0n) is 13.2. The summed E-state index contributed by atoms with van der Waals surface area (Å²) in [5.41, 5.74) is 1.05. The molecule has 0 amide bonds. The molecule has 0 atom stereocenters. The Balaban J connectivity index is 1.46. The van der Waals surface area contributed by atoms with Crippen molar-refractivity contribution in [1.29, 1.82) is 0 Å². The van der Waals surface area contributed by atoms with E-state index in [2.05, 4.69) is 10.2 Å². The number of ether oxygens (including phenoxy) is 1.